The molecule has 0 aliphatic heterocycles. The first-order valence-corrected chi connectivity index (χ1v) is 8.42. The molecule has 2 rings (SSSR count). The third kappa shape index (κ3) is 3.41. The molecule has 2 aromatic rings. The van der Waals surface area contributed by atoms with Crippen LogP contribution < -0.4 is 0 Å². The van der Waals surface area contributed by atoms with Crippen LogP contribution >= 0.6 is 11.6 Å². The van der Waals surface area contributed by atoms with Gasteiger partial charge in [-0.1, -0.05) is 12.1 Å². The zero-order valence-corrected chi connectivity index (χ0v) is 13.0. The third-order valence-corrected chi connectivity index (χ3v) is 4.73. The van der Waals surface area contributed by atoms with Crippen molar-refractivity contribution < 1.29 is 17.2 Å². The molecule has 0 aromatic heterocycles. The highest BCUT2D eigenvalue weighted by Gasteiger charge is 2.19. The number of halogens is 3. The molecule has 0 saturated heterocycles. The van der Waals surface area contributed by atoms with Crippen molar-refractivity contribution in [3.63, 3.8) is 0 Å². The van der Waals surface area contributed by atoms with Gasteiger partial charge in [0.05, 0.1) is 10.3 Å². The molecule has 0 bridgehead atoms. The Morgan fingerprint density at radius 3 is 2.38 bits per heavy atom. The third-order valence-electron chi connectivity index (χ3n) is 3.13. The van der Waals surface area contributed by atoms with E-state index < -0.39 is 26.8 Å². The first kappa shape index (κ1) is 15.9. The summed E-state index contributed by atoms with van der Waals surface area (Å²) in [5.74, 6) is -1.19. The molecular formula is C15H13ClF2O2S. The van der Waals surface area contributed by atoms with E-state index in [-0.39, 0.29) is 16.0 Å². The van der Waals surface area contributed by atoms with Gasteiger partial charge in [-0.15, -0.1) is 11.6 Å². The van der Waals surface area contributed by atoms with Crippen molar-refractivity contribution in [2.75, 3.05) is 6.26 Å². The summed E-state index contributed by atoms with van der Waals surface area (Å²) in [7, 11) is -3.39. The summed E-state index contributed by atoms with van der Waals surface area (Å²) in [5.41, 5.74) is 0.553. The van der Waals surface area contributed by atoms with Gasteiger partial charge in [0.2, 0.25) is 0 Å². The fourth-order valence-electron chi connectivity index (χ4n) is 1.94. The molecule has 2 aromatic carbocycles. The quantitative estimate of drug-likeness (QED) is 0.797. The second kappa shape index (κ2) is 5.73. The van der Waals surface area contributed by atoms with Gasteiger partial charge in [0.25, 0.3) is 0 Å². The number of hydrogen-bond acceptors (Lipinski definition) is 2. The van der Waals surface area contributed by atoms with Gasteiger partial charge in [-0.2, -0.15) is 0 Å². The van der Waals surface area contributed by atoms with Gasteiger partial charge in [-0.3, -0.25) is 0 Å². The van der Waals surface area contributed by atoms with Crippen LogP contribution in [0.4, 0.5) is 8.78 Å². The Labute approximate surface area is 127 Å². The molecule has 0 spiro atoms. The van der Waals surface area contributed by atoms with Crippen molar-refractivity contribution in [3.05, 3.63) is 64.7 Å². The molecular weight excluding hydrogens is 318 g/mol. The fourth-order valence-corrected chi connectivity index (χ4v) is 2.92. The van der Waals surface area contributed by atoms with Gasteiger partial charge in [0.1, 0.15) is 11.6 Å². The molecule has 0 aliphatic rings. The van der Waals surface area contributed by atoms with Gasteiger partial charge in [-0.05, 0) is 42.3 Å². The van der Waals surface area contributed by atoms with Crippen LogP contribution in [0.15, 0.2) is 41.3 Å². The fraction of sp³-hybridized carbons (Fsp3) is 0.200. The molecule has 0 fully saturated rings. The maximum Gasteiger partial charge on any atom is 0.175 e. The second-order valence-corrected chi connectivity index (χ2v) is 7.28. The molecule has 0 aliphatic carbocycles. The zero-order chi connectivity index (χ0) is 15.8. The van der Waals surface area contributed by atoms with Gasteiger partial charge in [-0.25, -0.2) is 17.2 Å². The maximum absolute atomic E-state index is 13.9. The van der Waals surface area contributed by atoms with E-state index in [2.05, 4.69) is 0 Å². The minimum Gasteiger partial charge on any atom is -0.224 e. The highest BCUT2D eigenvalue weighted by atomic mass is 35.5. The number of benzene rings is 2. The Balaban J connectivity index is 2.50. The lowest BCUT2D eigenvalue weighted by atomic mass is 10.0. The standard InChI is InChI=1S/C15H13ClF2O2S/c1-9-6-14(18)12(8-13(9)17)15(16)10-4-3-5-11(7-10)21(2,19)20/h3-8,15H,1-2H3. The van der Waals surface area contributed by atoms with Crippen LogP contribution in [0.1, 0.15) is 22.1 Å². The number of rotatable bonds is 3. The van der Waals surface area contributed by atoms with Crippen LogP contribution in [0.3, 0.4) is 0 Å². The number of alkyl halides is 1. The Morgan fingerprint density at radius 2 is 1.76 bits per heavy atom. The molecule has 1 unspecified atom stereocenters. The summed E-state index contributed by atoms with van der Waals surface area (Å²) >= 11 is 6.18. The molecule has 0 N–H and O–H groups in total. The maximum atomic E-state index is 13.9. The van der Waals surface area contributed by atoms with E-state index in [1.165, 1.54) is 25.1 Å². The average molecular weight is 331 g/mol. The predicted molar refractivity (Wildman–Crippen MR) is 78.3 cm³/mol. The SMILES string of the molecule is Cc1cc(F)c(C(Cl)c2cccc(S(C)(=O)=O)c2)cc1F. The zero-order valence-electron chi connectivity index (χ0n) is 11.4. The van der Waals surface area contributed by atoms with Crippen LogP contribution in [0.2, 0.25) is 0 Å². The van der Waals surface area contributed by atoms with Crippen molar-refractivity contribution in [1.82, 2.24) is 0 Å². The smallest absolute Gasteiger partial charge is 0.175 e. The van der Waals surface area contributed by atoms with E-state index in [4.69, 9.17) is 11.6 Å². The van der Waals surface area contributed by atoms with Crippen LogP contribution in [0.5, 0.6) is 0 Å². The monoisotopic (exact) mass is 330 g/mol. The molecule has 112 valence electrons. The van der Waals surface area contributed by atoms with Gasteiger partial charge >= 0.3 is 0 Å². The van der Waals surface area contributed by atoms with Crippen LogP contribution in [-0.4, -0.2) is 14.7 Å². The Morgan fingerprint density at radius 1 is 1.10 bits per heavy atom. The largest absolute Gasteiger partial charge is 0.224 e. The van der Waals surface area contributed by atoms with Crippen molar-refractivity contribution in [3.8, 4) is 0 Å². The highest BCUT2D eigenvalue weighted by Crippen LogP contribution is 2.32. The van der Waals surface area contributed by atoms with Crippen molar-refractivity contribution >= 4 is 21.4 Å². The lowest BCUT2D eigenvalue weighted by molar-refractivity contribution is 0.580. The Hall–Kier alpha value is -1.46. The van der Waals surface area contributed by atoms with Gasteiger partial charge in [0, 0.05) is 11.8 Å². The van der Waals surface area contributed by atoms with E-state index in [1.807, 2.05) is 0 Å². The normalized spacial score (nSPS) is 13.2. The van der Waals surface area contributed by atoms with E-state index >= 15 is 0 Å². The molecule has 2 nitrogen and oxygen atoms in total. The summed E-state index contributed by atoms with van der Waals surface area (Å²) in [5, 5.41) is -0.971. The molecule has 0 heterocycles. The Bertz CT molecular complexity index is 788. The van der Waals surface area contributed by atoms with E-state index in [9.17, 15) is 17.2 Å². The summed E-state index contributed by atoms with van der Waals surface area (Å²) in [6, 6.07) is 7.99. The minimum absolute atomic E-state index is 0.0228. The minimum atomic E-state index is -3.39. The summed E-state index contributed by atoms with van der Waals surface area (Å²) in [6.07, 6.45) is 1.07. The first-order chi connectivity index (χ1) is 9.70. The van der Waals surface area contributed by atoms with E-state index in [0.29, 0.717) is 5.56 Å². The summed E-state index contributed by atoms with van der Waals surface area (Å²) < 4.78 is 50.6. The molecule has 21 heavy (non-hydrogen) atoms. The molecule has 0 saturated carbocycles. The highest BCUT2D eigenvalue weighted by molar-refractivity contribution is 7.90. The predicted octanol–water partition coefficient (Wildman–Crippen LogP) is 4.00. The van der Waals surface area contributed by atoms with Gasteiger partial charge in [0.15, 0.2) is 9.84 Å². The second-order valence-electron chi connectivity index (χ2n) is 4.83. The molecule has 0 amide bonds. The van der Waals surface area contributed by atoms with Gasteiger partial charge < -0.3 is 0 Å². The van der Waals surface area contributed by atoms with Crippen LogP contribution in [0, 0.1) is 18.6 Å². The number of hydrogen-bond donors (Lipinski definition) is 0. The number of aryl methyl sites for hydroxylation is 1. The van der Waals surface area contributed by atoms with Crippen LogP contribution in [-0.2, 0) is 9.84 Å². The molecule has 6 heteroatoms. The van der Waals surface area contributed by atoms with Crippen molar-refractivity contribution in [1.29, 1.82) is 0 Å². The topological polar surface area (TPSA) is 34.1 Å². The van der Waals surface area contributed by atoms with E-state index in [1.54, 1.807) is 6.07 Å². The van der Waals surface area contributed by atoms with Crippen LogP contribution in [0.25, 0.3) is 0 Å². The average Bonchev–Trinajstić information content (AvgIpc) is 2.41. The van der Waals surface area contributed by atoms with E-state index in [0.717, 1.165) is 18.4 Å². The summed E-state index contributed by atoms with van der Waals surface area (Å²) in [6.45, 7) is 1.45. The van der Waals surface area contributed by atoms with Crippen molar-refractivity contribution in [2.24, 2.45) is 0 Å². The first-order valence-electron chi connectivity index (χ1n) is 6.10. The molecule has 0 radical (unpaired) electrons. The molecule has 1 atom stereocenters. The summed E-state index contributed by atoms with van der Waals surface area (Å²) in [4.78, 5) is 0.0821. The lowest BCUT2D eigenvalue weighted by Crippen LogP contribution is -2.02. The van der Waals surface area contributed by atoms with Crippen molar-refractivity contribution in [2.45, 2.75) is 17.2 Å². The number of sulfone groups is 1. The lowest BCUT2D eigenvalue weighted by Gasteiger charge is -2.13. The Kier molecular flexibility index (Phi) is 4.35.